The molecule has 4 nitrogen and oxygen atoms in total. The fourth-order valence-electron chi connectivity index (χ4n) is 3.20. The Morgan fingerprint density at radius 3 is 2.43 bits per heavy atom. The molecule has 30 heavy (non-hydrogen) atoms. The van der Waals surface area contributed by atoms with Gasteiger partial charge < -0.3 is 4.74 Å². The summed E-state index contributed by atoms with van der Waals surface area (Å²) in [6, 6.07) is 12.8. The Balaban J connectivity index is 2.06. The van der Waals surface area contributed by atoms with Crippen molar-refractivity contribution >= 4 is 20.7 Å². The Morgan fingerprint density at radius 2 is 1.70 bits per heavy atom. The van der Waals surface area contributed by atoms with Crippen LogP contribution in [0, 0.1) is 17.5 Å². The Labute approximate surface area is 170 Å². The van der Waals surface area contributed by atoms with Gasteiger partial charge in [-0.25, -0.2) is 21.6 Å². The van der Waals surface area contributed by atoms with Crippen LogP contribution in [0.15, 0.2) is 76.7 Å². The van der Waals surface area contributed by atoms with Crippen LogP contribution in [0.2, 0.25) is 0 Å². The first-order valence-electron chi connectivity index (χ1n) is 8.74. The van der Waals surface area contributed by atoms with Gasteiger partial charge in [-0.1, -0.05) is 12.1 Å². The maximum Gasteiger partial charge on any atom is 0.208 e. The molecule has 0 aliphatic rings. The highest BCUT2D eigenvalue weighted by molar-refractivity contribution is 7.91. The summed E-state index contributed by atoms with van der Waals surface area (Å²) in [5.41, 5.74) is 0.982. The quantitative estimate of drug-likeness (QED) is 0.421. The van der Waals surface area contributed by atoms with Crippen molar-refractivity contribution in [1.29, 1.82) is 0 Å². The average Bonchev–Trinajstić information content (AvgIpc) is 2.74. The van der Waals surface area contributed by atoms with Crippen LogP contribution in [0.4, 0.5) is 13.2 Å². The molecule has 4 aromatic rings. The largest absolute Gasteiger partial charge is 0.497 e. The van der Waals surface area contributed by atoms with E-state index in [0.29, 0.717) is 22.8 Å². The third kappa shape index (κ3) is 3.39. The van der Waals surface area contributed by atoms with Gasteiger partial charge in [-0.2, -0.15) is 0 Å². The van der Waals surface area contributed by atoms with E-state index in [-0.39, 0.29) is 16.0 Å². The summed E-state index contributed by atoms with van der Waals surface area (Å²) < 4.78 is 72.7. The molecule has 0 fully saturated rings. The molecule has 0 amide bonds. The van der Waals surface area contributed by atoms with Gasteiger partial charge in [0.15, 0.2) is 11.6 Å². The number of pyridine rings is 1. The molecular weight excluding hydrogens is 415 g/mol. The minimum atomic E-state index is -4.28. The van der Waals surface area contributed by atoms with Crippen LogP contribution >= 0.6 is 0 Å². The highest BCUT2D eigenvalue weighted by atomic mass is 32.2. The van der Waals surface area contributed by atoms with Crippen LogP contribution in [0.5, 0.6) is 5.75 Å². The molecule has 1 heterocycles. The van der Waals surface area contributed by atoms with Crippen molar-refractivity contribution in [3.63, 3.8) is 0 Å². The average molecular weight is 429 g/mol. The second-order valence-corrected chi connectivity index (χ2v) is 8.39. The molecule has 0 radical (unpaired) electrons. The predicted octanol–water partition coefficient (Wildman–Crippen LogP) is 5.16. The zero-order valence-electron chi connectivity index (χ0n) is 15.6. The van der Waals surface area contributed by atoms with E-state index < -0.39 is 32.2 Å². The lowest BCUT2D eigenvalue weighted by molar-refractivity contribution is 0.415. The van der Waals surface area contributed by atoms with E-state index in [1.54, 1.807) is 24.3 Å². The van der Waals surface area contributed by atoms with Gasteiger partial charge in [0.1, 0.15) is 11.6 Å². The number of ether oxygens (including phenoxy) is 1. The summed E-state index contributed by atoms with van der Waals surface area (Å²) in [4.78, 5) is 3.44. The van der Waals surface area contributed by atoms with Gasteiger partial charge in [0.05, 0.1) is 22.4 Å². The molecule has 0 saturated heterocycles. The lowest BCUT2D eigenvalue weighted by atomic mass is 10.0. The molecule has 0 N–H and O–H groups in total. The van der Waals surface area contributed by atoms with Crippen molar-refractivity contribution in [3.8, 4) is 16.9 Å². The zero-order chi connectivity index (χ0) is 21.5. The van der Waals surface area contributed by atoms with Crippen molar-refractivity contribution in [3.05, 3.63) is 84.3 Å². The number of benzene rings is 3. The third-order valence-electron chi connectivity index (χ3n) is 4.65. The van der Waals surface area contributed by atoms with Crippen molar-refractivity contribution in [2.45, 2.75) is 9.79 Å². The van der Waals surface area contributed by atoms with Crippen LogP contribution in [-0.2, 0) is 9.84 Å². The zero-order valence-corrected chi connectivity index (χ0v) is 16.4. The van der Waals surface area contributed by atoms with Crippen LogP contribution in [-0.4, -0.2) is 20.5 Å². The smallest absolute Gasteiger partial charge is 0.208 e. The first-order valence-corrected chi connectivity index (χ1v) is 10.2. The van der Waals surface area contributed by atoms with Crippen molar-refractivity contribution in [1.82, 2.24) is 4.98 Å². The number of sulfone groups is 1. The molecule has 3 aromatic carbocycles. The highest BCUT2D eigenvalue weighted by Gasteiger charge is 2.26. The molecule has 0 saturated carbocycles. The summed E-state index contributed by atoms with van der Waals surface area (Å²) in [6.07, 6.45) is 1.09. The maximum atomic E-state index is 13.7. The van der Waals surface area contributed by atoms with Gasteiger partial charge >= 0.3 is 0 Å². The molecule has 1 aromatic heterocycles. The van der Waals surface area contributed by atoms with E-state index in [0.717, 1.165) is 18.3 Å². The number of rotatable bonds is 4. The SMILES string of the molecule is COc1cccc(-c2c(S(=O)(=O)c3ccc(F)c(F)c3)cnc3cc(F)ccc23)c1. The molecule has 8 heteroatoms. The number of aromatic nitrogens is 1. The van der Waals surface area contributed by atoms with Gasteiger partial charge in [0.2, 0.25) is 9.84 Å². The molecular formula is C22H14F3NO3S. The normalized spacial score (nSPS) is 11.6. The first kappa shape index (κ1) is 19.9. The summed E-state index contributed by atoms with van der Waals surface area (Å²) in [5, 5.41) is 0.383. The fourth-order valence-corrected chi connectivity index (χ4v) is 4.65. The van der Waals surface area contributed by atoms with E-state index in [9.17, 15) is 21.6 Å². The predicted molar refractivity (Wildman–Crippen MR) is 105 cm³/mol. The number of nitrogens with zero attached hydrogens (tertiary/aromatic N) is 1. The van der Waals surface area contributed by atoms with Gasteiger partial charge in [-0.15, -0.1) is 0 Å². The highest BCUT2D eigenvalue weighted by Crippen LogP contribution is 2.38. The second kappa shape index (κ2) is 7.46. The van der Waals surface area contributed by atoms with E-state index in [4.69, 9.17) is 4.74 Å². The standard InChI is InChI=1S/C22H14F3NO3S/c1-29-15-4-2-3-13(9-15)22-17-7-5-14(23)10-20(17)26-12-21(22)30(27,28)16-6-8-18(24)19(25)11-16/h2-12H,1H3. The number of halogens is 3. The second-order valence-electron chi connectivity index (χ2n) is 6.47. The monoisotopic (exact) mass is 429 g/mol. The van der Waals surface area contributed by atoms with Crippen molar-refractivity contribution in [2.24, 2.45) is 0 Å². The minimum absolute atomic E-state index is 0.221. The molecule has 0 atom stereocenters. The van der Waals surface area contributed by atoms with Crippen molar-refractivity contribution in [2.75, 3.05) is 7.11 Å². The van der Waals surface area contributed by atoms with Gasteiger partial charge in [-0.3, -0.25) is 4.98 Å². The molecule has 0 unspecified atom stereocenters. The van der Waals surface area contributed by atoms with Crippen LogP contribution in [0.3, 0.4) is 0 Å². The van der Waals surface area contributed by atoms with E-state index >= 15 is 0 Å². The van der Waals surface area contributed by atoms with Crippen LogP contribution in [0.1, 0.15) is 0 Å². The van der Waals surface area contributed by atoms with Crippen LogP contribution in [0.25, 0.3) is 22.0 Å². The van der Waals surface area contributed by atoms with Crippen LogP contribution < -0.4 is 4.74 Å². The summed E-state index contributed by atoms with van der Waals surface area (Å²) in [7, 11) is -2.81. The number of fused-ring (bicyclic) bond motifs is 1. The third-order valence-corrected chi connectivity index (χ3v) is 6.41. The Bertz CT molecular complexity index is 1390. The Kier molecular flexibility index (Phi) is 4.95. The summed E-state index contributed by atoms with van der Waals surface area (Å²) in [5.74, 6) is -2.48. The molecule has 152 valence electrons. The lowest BCUT2D eigenvalue weighted by Gasteiger charge is -2.14. The van der Waals surface area contributed by atoms with E-state index in [1.165, 1.54) is 25.3 Å². The van der Waals surface area contributed by atoms with Gasteiger partial charge in [-0.05, 0) is 48.0 Å². The Morgan fingerprint density at radius 1 is 0.900 bits per heavy atom. The summed E-state index contributed by atoms with van der Waals surface area (Å²) in [6.45, 7) is 0. The number of hydrogen-bond donors (Lipinski definition) is 0. The molecule has 0 aliphatic carbocycles. The Hall–Kier alpha value is -3.39. The molecule has 0 aliphatic heterocycles. The maximum absolute atomic E-state index is 13.7. The topological polar surface area (TPSA) is 56.3 Å². The number of hydrogen-bond acceptors (Lipinski definition) is 4. The minimum Gasteiger partial charge on any atom is -0.497 e. The first-order chi connectivity index (χ1) is 14.3. The van der Waals surface area contributed by atoms with E-state index in [1.807, 2.05) is 0 Å². The van der Waals surface area contributed by atoms with Gasteiger partial charge in [0, 0.05) is 23.2 Å². The lowest BCUT2D eigenvalue weighted by Crippen LogP contribution is -2.06. The fraction of sp³-hybridized carbons (Fsp3) is 0.0455. The van der Waals surface area contributed by atoms with Gasteiger partial charge in [0.25, 0.3) is 0 Å². The van der Waals surface area contributed by atoms with E-state index in [2.05, 4.69) is 4.98 Å². The molecule has 4 rings (SSSR count). The van der Waals surface area contributed by atoms with Crippen molar-refractivity contribution < 1.29 is 26.3 Å². The summed E-state index contributed by atoms with van der Waals surface area (Å²) >= 11 is 0. The molecule has 0 spiro atoms. The molecule has 0 bridgehead atoms. The number of methoxy groups -OCH3 is 1.